The zero-order valence-electron chi connectivity index (χ0n) is 8.91. The third-order valence-corrected chi connectivity index (χ3v) is 2.85. The van der Waals surface area contributed by atoms with E-state index in [-0.39, 0.29) is 0 Å². The summed E-state index contributed by atoms with van der Waals surface area (Å²) < 4.78 is 6.72. The topological polar surface area (TPSA) is 35.2 Å². The molecule has 2 N–H and O–H groups in total. The Hall–Kier alpha value is -1.48. The van der Waals surface area contributed by atoms with Crippen molar-refractivity contribution in [1.82, 2.24) is 0 Å². The largest absolute Gasteiger partial charge is 0.455 e. The molecule has 0 aliphatic carbocycles. The Kier molecular flexibility index (Phi) is 3.15. The van der Waals surface area contributed by atoms with Crippen LogP contribution >= 0.6 is 15.9 Å². The lowest BCUT2D eigenvalue weighted by Gasteiger charge is -2.09. The number of nitrogens with two attached hydrogens (primary N) is 1. The van der Waals surface area contributed by atoms with Gasteiger partial charge in [0.2, 0.25) is 0 Å². The number of aryl methyl sites for hydroxylation is 1. The van der Waals surface area contributed by atoms with Crippen molar-refractivity contribution in [2.75, 3.05) is 5.73 Å². The number of anilines is 1. The predicted molar refractivity (Wildman–Crippen MR) is 69.8 cm³/mol. The molecule has 0 aromatic heterocycles. The molecule has 82 valence electrons. The van der Waals surface area contributed by atoms with Gasteiger partial charge < -0.3 is 10.5 Å². The first-order valence-corrected chi connectivity index (χ1v) is 5.74. The van der Waals surface area contributed by atoms with Crippen LogP contribution in [0, 0.1) is 6.92 Å². The van der Waals surface area contributed by atoms with E-state index in [0.29, 0.717) is 11.4 Å². The van der Waals surface area contributed by atoms with Crippen molar-refractivity contribution < 1.29 is 4.74 Å². The van der Waals surface area contributed by atoms with Gasteiger partial charge in [-0.25, -0.2) is 0 Å². The zero-order valence-corrected chi connectivity index (χ0v) is 10.5. The normalized spacial score (nSPS) is 10.1. The lowest BCUT2D eigenvalue weighted by molar-refractivity contribution is 0.484. The summed E-state index contributed by atoms with van der Waals surface area (Å²) in [5, 5.41) is 0. The van der Waals surface area contributed by atoms with Crippen molar-refractivity contribution in [1.29, 1.82) is 0 Å². The van der Waals surface area contributed by atoms with Gasteiger partial charge in [-0.2, -0.15) is 0 Å². The highest BCUT2D eigenvalue weighted by Crippen LogP contribution is 2.29. The molecule has 2 nitrogen and oxygen atoms in total. The molecule has 16 heavy (non-hydrogen) atoms. The van der Waals surface area contributed by atoms with Crippen molar-refractivity contribution in [3.63, 3.8) is 0 Å². The number of halogens is 1. The van der Waals surface area contributed by atoms with Gasteiger partial charge in [-0.15, -0.1) is 0 Å². The van der Waals surface area contributed by atoms with Crippen LogP contribution in [0.4, 0.5) is 5.69 Å². The number of para-hydroxylation sites is 1. The third kappa shape index (κ3) is 2.36. The molecule has 2 rings (SSSR count). The molecule has 2 aromatic rings. The lowest BCUT2D eigenvalue weighted by Crippen LogP contribution is -1.94. The first-order valence-electron chi connectivity index (χ1n) is 4.95. The molecular formula is C13H12BrNO. The van der Waals surface area contributed by atoms with E-state index < -0.39 is 0 Å². The molecule has 0 amide bonds. The Morgan fingerprint density at radius 3 is 2.44 bits per heavy atom. The molecule has 0 unspecified atom stereocenters. The molecule has 0 radical (unpaired) electrons. The molecule has 0 fully saturated rings. The van der Waals surface area contributed by atoms with Gasteiger partial charge in [0.15, 0.2) is 5.75 Å². The van der Waals surface area contributed by atoms with E-state index in [1.54, 1.807) is 0 Å². The van der Waals surface area contributed by atoms with E-state index in [1.165, 1.54) is 0 Å². The second-order valence-electron chi connectivity index (χ2n) is 3.54. The summed E-state index contributed by atoms with van der Waals surface area (Å²) >= 11 is 3.38. The third-order valence-electron chi connectivity index (χ3n) is 2.33. The molecule has 2 aromatic carbocycles. The van der Waals surface area contributed by atoms with E-state index in [1.807, 2.05) is 49.4 Å². The van der Waals surface area contributed by atoms with Gasteiger partial charge in [0, 0.05) is 4.47 Å². The maximum Gasteiger partial charge on any atom is 0.150 e. The van der Waals surface area contributed by atoms with Crippen LogP contribution in [-0.4, -0.2) is 0 Å². The summed E-state index contributed by atoms with van der Waals surface area (Å²) in [5.41, 5.74) is 7.63. The smallest absolute Gasteiger partial charge is 0.150 e. The fraction of sp³-hybridized carbons (Fsp3) is 0.0769. The van der Waals surface area contributed by atoms with Crippen LogP contribution in [0.3, 0.4) is 0 Å². The van der Waals surface area contributed by atoms with Crippen molar-refractivity contribution >= 4 is 21.6 Å². The van der Waals surface area contributed by atoms with Crippen molar-refractivity contribution in [2.45, 2.75) is 6.92 Å². The molecule has 0 aliphatic heterocycles. The maximum absolute atomic E-state index is 5.93. The summed E-state index contributed by atoms with van der Waals surface area (Å²) in [6, 6.07) is 13.4. The summed E-state index contributed by atoms with van der Waals surface area (Å²) in [4.78, 5) is 0. The number of benzene rings is 2. The van der Waals surface area contributed by atoms with Gasteiger partial charge in [-0.05, 0) is 42.8 Å². The zero-order chi connectivity index (χ0) is 11.5. The predicted octanol–water partition coefficient (Wildman–Crippen LogP) is 4.13. The van der Waals surface area contributed by atoms with E-state index >= 15 is 0 Å². The molecule has 0 aliphatic rings. The van der Waals surface area contributed by atoms with Crippen LogP contribution < -0.4 is 10.5 Å². The summed E-state index contributed by atoms with van der Waals surface area (Å²) in [6.07, 6.45) is 0. The quantitative estimate of drug-likeness (QED) is 0.838. The standard InChI is InChI=1S/C13H12BrNO/c1-9-3-2-4-12(13(9)15)16-11-7-5-10(14)6-8-11/h2-8H,15H2,1H3. The Morgan fingerprint density at radius 2 is 1.75 bits per heavy atom. The summed E-state index contributed by atoms with van der Waals surface area (Å²) in [7, 11) is 0. The summed E-state index contributed by atoms with van der Waals surface area (Å²) in [6.45, 7) is 1.96. The van der Waals surface area contributed by atoms with E-state index in [4.69, 9.17) is 10.5 Å². The summed E-state index contributed by atoms with van der Waals surface area (Å²) in [5.74, 6) is 1.47. The Balaban J connectivity index is 2.27. The monoisotopic (exact) mass is 277 g/mol. The fourth-order valence-electron chi connectivity index (χ4n) is 1.37. The first kappa shape index (κ1) is 11.0. The Bertz CT molecular complexity index is 494. The van der Waals surface area contributed by atoms with Crippen LogP contribution in [-0.2, 0) is 0 Å². The highest BCUT2D eigenvalue weighted by atomic mass is 79.9. The Morgan fingerprint density at radius 1 is 1.06 bits per heavy atom. The van der Waals surface area contributed by atoms with Crippen LogP contribution in [0.1, 0.15) is 5.56 Å². The Labute approximate surface area is 103 Å². The van der Waals surface area contributed by atoms with Gasteiger partial charge in [0.25, 0.3) is 0 Å². The minimum absolute atomic E-state index is 0.686. The van der Waals surface area contributed by atoms with Crippen LogP contribution in [0.5, 0.6) is 11.5 Å². The fourth-order valence-corrected chi connectivity index (χ4v) is 1.64. The SMILES string of the molecule is Cc1cccc(Oc2ccc(Br)cc2)c1N. The molecular weight excluding hydrogens is 266 g/mol. The molecule has 0 saturated carbocycles. The van der Waals surface area contributed by atoms with E-state index in [9.17, 15) is 0 Å². The van der Waals surface area contributed by atoms with Gasteiger partial charge in [0.05, 0.1) is 5.69 Å². The van der Waals surface area contributed by atoms with Gasteiger partial charge in [0.1, 0.15) is 5.75 Å². The lowest BCUT2D eigenvalue weighted by atomic mass is 10.2. The molecule has 0 atom stereocenters. The second-order valence-corrected chi connectivity index (χ2v) is 4.46. The van der Waals surface area contributed by atoms with Crippen molar-refractivity contribution in [3.05, 3.63) is 52.5 Å². The van der Waals surface area contributed by atoms with Crippen molar-refractivity contribution in [3.8, 4) is 11.5 Å². The van der Waals surface area contributed by atoms with E-state index in [2.05, 4.69) is 15.9 Å². The van der Waals surface area contributed by atoms with E-state index in [0.717, 1.165) is 15.8 Å². The second kappa shape index (κ2) is 4.58. The molecule has 0 spiro atoms. The number of hydrogen-bond acceptors (Lipinski definition) is 2. The van der Waals surface area contributed by atoms with Crippen LogP contribution in [0.2, 0.25) is 0 Å². The van der Waals surface area contributed by atoms with Crippen LogP contribution in [0.25, 0.3) is 0 Å². The minimum Gasteiger partial charge on any atom is -0.455 e. The highest BCUT2D eigenvalue weighted by Gasteiger charge is 2.03. The van der Waals surface area contributed by atoms with Gasteiger partial charge in [-0.1, -0.05) is 28.1 Å². The average molecular weight is 278 g/mol. The highest BCUT2D eigenvalue weighted by molar-refractivity contribution is 9.10. The van der Waals surface area contributed by atoms with Gasteiger partial charge in [-0.3, -0.25) is 0 Å². The molecule has 0 saturated heterocycles. The van der Waals surface area contributed by atoms with Gasteiger partial charge >= 0.3 is 0 Å². The first-order chi connectivity index (χ1) is 7.66. The van der Waals surface area contributed by atoms with Crippen LogP contribution in [0.15, 0.2) is 46.9 Å². The minimum atomic E-state index is 0.686. The maximum atomic E-state index is 5.93. The number of nitrogen functional groups attached to an aromatic ring is 1. The number of ether oxygens (including phenoxy) is 1. The molecule has 0 bridgehead atoms. The molecule has 0 heterocycles. The number of rotatable bonds is 2. The molecule has 3 heteroatoms. The van der Waals surface area contributed by atoms with Crippen molar-refractivity contribution in [2.24, 2.45) is 0 Å². The average Bonchev–Trinajstić information content (AvgIpc) is 2.28. The number of hydrogen-bond donors (Lipinski definition) is 1.